The second-order valence-electron chi connectivity index (χ2n) is 5.09. The van der Waals surface area contributed by atoms with Gasteiger partial charge in [-0.25, -0.2) is 0 Å². The largest absolute Gasteiger partial charge is 0.0570 e. The predicted molar refractivity (Wildman–Crippen MR) is 103 cm³/mol. The van der Waals surface area contributed by atoms with Crippen molar-refractivity contribution in [1.29, 1.82) is 0 Å². The summed E-state index contributed by atoms with van der Waals surface area (Å²) in [5, 5.41) is 0. The quantitative estimate of drug-likeness (QED) is 0.349. The number of hydrogen-bond donors (Lipinski definition) is 0. The molecule has 0 saturated heterocycles. The Morgan fingerprint density at radius 2 is 0.636 bits per heavy atom. The molecule has 3 rings (SSSR count). The van der Waals surface area contributed by atoms with Crippen molar-refractivity contribution in [3.05, 3.63) is 103 Å². The zero-order valence-electron chi connectivity index (χ0n) is 11.6. The van der Waals surface area contributed by atoms with Gasteiger partial charge in [0, 0.05) is 19.3 Å². The van der Waals surface area contributed by atoms with E-state index in [0.717, 1.165) is 13.4 Å². The Bertz CT molecular complexity index is 636. The van der Waals surface area contributed by atoms with E-state index in [1.165, 1.54) is 16.7 Å². The number of hydrogen-bond acceptors (Lipinski definition) is 0. The van der Waals surface area contributed by atoms with Crippen molar-refractivity contribution in [2.45, 2.75) is 5.92 Å². The van der Waals surface area contributed by atoms with Crippen LogP contribution in [-0.4, -0.2) is 0 Å². The molecular weight excluding hydrogens is 468 g/mol. The molecule has 3 heteroatoms. The zero-order valence-corrected chi connectivity index (χ0v) is 16.4. The predicted octanol–water partition coefficient (Wildman–Crippen LogP) is 7.15. The number of benzene rings is 3. The first-order valence-electron chi connectivity index (χ1n) is 6.90. The van der Waals surface area contributed by atoms with Gasteiger partial charge in [0.1, 0.15) is 0 Å². The van der Waals surface area contributed by atoms with Crippen molar-refractivity contribution in [1.82, 2.24) is 0 Å². The van der Waals surface area contributed by atoms with E-state index >= 15 is 0 Å². The first-order chi connectivity index (χ1) is 10.6. The lowest BCUT2D eigenvalue weighted by molar-refractivity contribution is 0.975. The van der Waals surface area contributed by atoms with Gasteiger partial charge >= 0.3 is 0 Å². The van der Waals surface area contributed by atoms with Gasteiger partial charge in [0.05, 0.1) is 0 Å². The molecule has 0 aliphatic rings. The third-order valence-electron chi connectivity index (χ3n) is 3.61. The van der Waals surface area contributed by atoms with Crippen LogP contribution in [0.5, 0.6) is 0 Å². The van der Waals surface area contributed by atoms with Crippen LogP contribution < -0.4 is 0 Å². The summed E-state index contributed by atoms with van der Waals surface area (Å²) in [4.78, 5) is 0. The number of rotatable bonds is 3. The smallest absolute Gasteiger partial charge is 0.0340 e. The maximum Gasteiger partial charge on any atom is 0.0340 e. The summed E-state index contributed by atoms with van der Waals surface area (Å²) >= 11 is 10.5. The van der Waals surface area contributed by atoms with Crippen molar-refractivity contribution in [2.24, 2.45) is 0 Å². The Labute approximate surface area is 156 Å². The zero-order chi connectivity index (χ0) is 15.5. The van der Waals surface area contributed by atoms with Crippen molar-refractivity contribution in [3.8, 4) is 0 Å². The molecule has 0 radical (unpaired) electrons. The summed E-state index contributed by atoms with van der Waals surface area (Å²) in [6.07, 6.45) is 0. The van der Waals surface area contributed by atoms with E-state index in [9.17, 15) is 0 Å². The third kappa shape index (κ3) is 3.70. The SMILES string of the molecule is Brc1ccc(C(c2ccc(Br)cc2)c2ccc(Br)cc2)cc1. The maximum absolute atomic E-state index is 3.51. The van der Waals surface area contributed by atoms with Gasteiger partial charge in [0.25, 0.3) is 0 Å². The van der Waals surface area contributed by atoms with Crippen LogP contribution in [0, 0.1) is 0 Å². The van der Waals surface area contributed by atoms with Gasteiger partial charge in [0.15, 0.2) is 0 Å². The average Bonchev–Trinajstić information content (AvgIpc) is 2.53. The minimum Gasteiger partial charge on any atom is -0.0570 e. The Kier molecular flexibility index (Phi) is 5.17. The maximum atomic E-state index is 3.51. The van der Waals surface area contributed by atoms with Crippen molar-refractivity contribution in [3.63, 3.8) is 0 Å². The van der Waals surface area contributed by atoms with E-state index in [-0.39, 0.29) is 5.92 Å². The first kappa shape index (κ1) is 16.0. The molecule has 0 fully saturated rings. The van der Waals surface area contributed by atoms with Gasteiger partial charge < -0.3 is 0 Å². The summed E-state index contributed by atoms with van der Waals surface area (Å²) in [5.41, 5.74) is 3.86. The van der Waals surface area contributed by atoms with Gasteiger partial charge in [-0.15, -0.1) is 0 Å². The highest BCUT2D eigenvalue weighted by atomic mass is 79.9. The first-order valence-corrected chi connectivity index (χ1v) is 9.28. The second-order valence-corrected chi connectivity index (χ2v) is 7.83. The highest BCUT2D eigenvalue weighted by Crippen LogP contribution is 2.33. The lowest BCUT2D eigenvalue weighted by Gasteiger charge is -2.19. The van der Waals surface area contributed by atoms with E-state index in [0.29, 0.717) is 0 Å². The molecule has 0 unspecified atom stereocenters. The molecule has 0 heterocycles. The van der Waals surface area contributed by atoms with E-state index in [1.807, 2.05) is 0 Å². The highest BCUT2D eigenvalue weighted by molar-refractivity contribution is 9.11. The molecule has 3 aromatic carbocycles. The molecular formula is C19H13Br3. The molecule has 0 N–H and O–H groups in total. The monoisotopic (exact) mass is 478 g/mol. The summed E-state index contributed by atoms with van der Waals surface area (Å²) < 4.78 is 3.30. The summed E-state index contributed by atoms with van der Waals surface area (Å²) in [5.74, 6) is 0.231. The van der Waals surface area contributed by atoms with Gasteiger partial charge in [-0.05, 0) is 53.1 Å². The third-order valence-corrected chi connectivity index (χ3v) is 5.20. The van der Waals surface area contributed by atoms with E-state index in [1.54, 1.807) is 0 Å². The van der Waals surface area contributed by atoms with Crippen LogP contribution in [0.3, 0.4) is 0 Å². The fourth-order valence-electron chi connectivity index (χ4n) is 2.54. The molecule has 0 aliphatic carbocycles. The van der Waals surface area contributed by atoms with Crippen LogP contribution in [0.15, 0.2) is 86.2 Å². The van der Waals surface area contributed by atoms with E-state index in [4.69, 9.17) is 0 Å². The lowest BCUT2D eigenvalue weighted by Crippen LogP contribution is -2.03. The summed E-state index contributed by atoms with van der Waals surface area (Å²) in [6, 6.07) is 25.7. The van der Waals surface area contributed by atoms with E-state index < -0.39 is 0 Å². The van der Waals surface area contributed by atoms with Crippen molar-refractivity contribution < 1.29 is 0 Å². The van der Waals surface area contributed by atoms with Crippen molar-refractivity contribution in [2.75, 3.05) is 0 Å². The molecule has 0 aliphatic heterocycles. The van der Waals surface area contributed by atoms with Crippen LogP contribution in [-0.2, 0) is 0 Å². The van der Waals surface area contributed by atoms with Crippen molar-refractivity contribution >= 4 is 47.8 Å². The molecule has 0 amide bonds. The number of halogens is 3. The molecule has 110 valence electrons. The topological polar surface area (TPSA) is 0 Å². The standard InChI is InChI=1S/C19H13Br3/c20-16-7-1-13(2-8-16)19(14-3-9-17(21)10-4-14)15-5-11-18(22)12-6-15/h1-12,19H. The fourth-order valence-corrected chi connectivity index (χ4v) is 3.34. The van der Waals surface area contributed by atoms with Crippen LogP contribution in [0.2, 0.25) is 0 Å². The van der Waals surface area contributed by atoms with Crippen LogP contribution in [0.1, 0.15) is 22.6 Å². The van der Waals surface area contributed by atoms with Gasteiger partial charge in [0.2, 0.25) is 0 Å². The lowest BCUT2D eigenvalue weighted by atomic mass is 9.85. The average molecular weight is 481 g/mol. The Hall–Kier alpha value is -0.900. The fraction of sp³-hybridized carbons (Fsp3) is 0.0526. The Morgan fingerprint density at radius 1 is 0.409 bits per heavy atom. The molecule has 0 atom stereocenters. The highest BCUT2D eigenvalue weighted by Gasteiger charge is 2.16. The van der Waals surface area contributed by atoms with Gasteiger partial charge in [-0.2, -0.15) is 0 Å². The molecule has 0 spiro atoms. The van der Waals surface area contributed by atoms with Crippen LogP contribution >= 0.6 is 47.8 Å². The molecule has 0 nitrogen and oxygen atoms in total. The van der Waals surface area contributed by atoms with E-state index in [2.05, 4.69) is 121 Å². The van der Waals surface area contributed by atoms with Gasteiger partial charge in [-0.1, -0.05) is 84.2 Å². The molecule has 22 heavy (non-hydrogen) atoms. The second kappa shape index (κ2) is 7.12. The molecule has 0 aromatic heterocycles. The molecule has 0 bridgehead atoms. The molecule has 0 saturated carbocycles. The Morgan fingerprint density at radius 3 is 0.864 bits per heavy atom. The normalized spacial score (nSPS) is 10.9. The summed E-state index contributed by atoms with van der Waals surface area (Å²) in [7, 11) is 0. The van der Waals surface area contributed by atoms with Crippen LogP contribution in [0.4, 0.5) is 0 Å². The Balaban J connectivity index is 2.10. The van der Waals surface area contributed by atoms with Gasteiger partial charge in [-0.3, -0.25) is 0 Å². The van der Waals surface area contributed by atoms with Crippen LogP contribution in [0.25, 0.3) is 0 Å². The summed E-state index contributed by atoms with van der Waals surface area (Å²) in [6.45, 7) is 0. The molecule has 3 aromatic rings. The minimum atomic E-state index is 0.231. The minimum absolute atomic E-state index is 0.231.